The van der Waals surface area contributed by atoms with E-state index in [0.29, 0.717) is 0 Å². The van der Waals surface area contributed by atoms with Gasteiger partial charge >= 0.3 is 37.1 Å². The van der Waals surface area contributed by atoms with Gasteiger partial charge in [-0.15, -0.1) is 9.03 Å². The van der Waals surface area contributed by atoms with Crippen molar-refractivity contribution in [2.45, 2.75) is 0 Å². The minimum atomic E-state index is -4.88. The second kappa shape index (κ2) is 6.23. The molecular weight excluding hydrogens is 368 g/mol. The number of hydrogen-bond donors (Lipinski definition) is 1. The van der Waals surface area contributed by atoms with Crippen molar-refractivity contribution in [2.24, 2.45) is 13.5 Å². The Kier molecular flexibility index (Phi) is 5.73. The van der Waals surface area contributed by atoms with Crippen LogP contribution in [-0.2, 0) is 18.4 Å². The minimum Gasteiger partial charge on any atom is -0.310 e. The molecule has 16 heteroatoms. The highest BCUT2D eigenvalue weighted by molar-refractivity contribution is 7.92. The molecule has 0 aromatic rings. The molecule has 0 bridgehead atoms. The lowest BCUT2D eigenvalue weighted by molar-refractivity contribution is 0.399. The van der Waals surface area contributed by atoms with Crippen molar-refractivity contribution in [1.29, 1.82) is 0 Å². The molecule has 118 valence electrons. The summed E-state index contributed by atoms with van der Waals surface area (Å²) in [6.07, 6.45) is 0. The van der Waals surface area contributed by atoms with Gasteiger partial charge in [0.05, 0.1) is 0 Å². The van der Waals surface area contributed by atoms with Crippen LogP contribution >= 0.6 is 31.1 Å². The fourth-order valence-electron chi connectivity index (χ4n) is 0.955. The number of rotatable bonds is 4. The van der Waals surface area contributed by atoms with Gasteiger partial charge in [0.15, 0.2) is 0 Å². The fraction of sp³-hybridized carbons (Fsp3) is 0.750. The van der Waals surface area contributed by atoms with Crippen LogP contribution in [0, 0.1) is 0 Å². The number of halogens is 4. The molecular formula is C4H11F4N4O4P4+. The molecule has 0 aliphatic carbocycles. The third kappa shape index (κ3) is 4.18. The lowest BCUT2D eigenvalue weighted by atomic mass is 11.8. The van der Waals surface area contributed by atoms with E-state index >= 15 is 0 Å². The zero-order valence-electron chi connectivity index (χ0n) is 10.4. The highest BCUT2D eigenvalue weighted by Gasteiger charge is 2.54. The van der Waals surface area contributed by atoms with Gasteiger partial charge in [-0.1, -0.05) is 0 Å². The van der Waals surface area contributed by atoms with Gasteiger partial charge in [-0.3, -0.25) is 0 Å². The maximum absolute atomic E-state index is 14.1. The molecule has 0 aromatic carbocycles. The number of nitrogens with one attached hydrogen (secondary N) is 1. The fourth-order valence-corrected chi connectivity index (χ4v) is 9.96. The van der Waals surface area contributed by atoms with Gasteiger partial charge in [-0.05, 0) is 9.05 Å². The van der Waals surface area contributed by atoms with Gasteiger partial charge in [-0.25, -0.2) is 4.79 Å². The summed E-state index contributed by atoms with van der Waals surface area (Å²) in [5.74, 6) is 0. The molecule has 1 N–H and O–H groups in total. The van der Waals surface area contributed by atoms with Gasteiger partial charge in [0.2, 0.25) is 0 Å². The highest BCUT2D eigenvalue weighted by atomic mass is 31.3. The van der Waals surface area contributed by atoms with Gasteiger partial charge in [0.25, 0.3) is 0 Å². The molecule has 0 amide bonds. The van der Waals surface area contributed by atoms with Gasteiger partial charge in [-0.2, -0.15) is 12.6 Å². The molecule has 0 radical (unpaired) electrons. The number of nitrogens with zero attached hydrogens (tertiary/aromatic N) is 3. The number of hydrogen-bond acceptors (Lipinski definition) is 8. The molecule has 0 saturated carbocycles. The van der Waals surface area contributed by atoms with Crippen LogP contribution < -0.4 is 4.86 Å². The van der Waals surface area contributed by atoms with Gasteiger partial charge < -0.3 is 13.6 Å². The van der Waals surface area contributed by atoms with Crippen LogP contribution in [0.1, 0.15) is 0 Å². The van der Waals surface area contributed by atoms with Gasteiger partial charge in [0, 0.05) is 25.8 Å². The molecule has 0 saturated heterocycles. The van der Waals surface area contributed by atoms with Crippen molar-refractivity contribution in [2.75, 3.05) is 21.3 Å². The minimum absolute atomic E-state index is 0.435. The van der Waals surface area contributed by atoms with E-state index in [-0.39, 0.29) is 0 Å². The van der Waals surface area contributed by atoms with Crippen LogP contribution in [-0.4, -0.2) is 27.4 Å². The van der Waals surface area contributed by atoms with Crippen LogP contribution in [0.15, 0.2) is 13.5 Å². The molecule has 4 unspecified atom stereocenters. The predicted octanol–water partition coefficient (Wildman–Crippen LogP) is 5.20. The first-order valence-electron chi connectivity index (χ1n) is 4.59. The van der Waals surface area contributed by atoms with Crippen LogP contribution in [0.3, 0.4) is 0 Å². The Balaban J connectivity index is 3.72. The first kappa shape index (κ1) is 18.4. The third-order valence-corrected chi connectivity index (χ3v) is 11.1. The van der Waals surface area contributed by atoms with E-state index < -0.39 is 37.1 Å². The van der Waals surface area contributed by atoms with Crippen molar-refractivity contribution in [3.63, 3.8) is 0 Å². The van der Waals surface area contributed by atoms with Crippen molar-refractivity contribution >= 4 is 37.1 Å². The molecule has 1 rings (SSSR count). The summed E-state index contributed by atoms with van der Waals surface area (Å²) in [6, 6.07) is -0.435. The summed E-state index contributed by atoms with van der Waals surface area (Å²) in [7, 11) is -17.1. The Morgan fingerprint density at radius 1 is 1.05 bits per heavy atom. The van der Waals surface area contributed by atoms with E-state index in [2.05, 4.69) is 27.1 Å². The lowest BCUT2D eigenvalue weighted by Crippen LogP contribution is -2.09. The summed E-state index contributed by atoms with van der Waals surface area (Å²) in [5.41, 5.74) is 0. The summed E-state index contributed by atoms with van der Waals surface area (Å²) < 4.78 is 77.6. The molecule has 1 heterocycles. The van der Waals surface area contributed by atoms with Crippen molar-refractivity contribution in [3.8, 4) is 0 Å². The average Bonchev–Trinajstić information content (AvgIpc) is 2.36. The first-order chi connectivity index (χ1) is 9.07. The van der Waals surface area contributed by atoms with Crippen molar-refractivity contribution < 1.29 is 35.2 Å². The van der Waals surface area contributed by atoms with E-state index in [9.17, 15) is 21.6 Å². The first-order valence-corrected chi connectivity index (χ1v) is 10.8. The molecule has 0 aromatic heterocycles. The Labute approximate surface area is 113 Å². The van der Waals surface area contributed by atoms with Crippen LogP contribution in [0.5, 0.6) is 0 Å². The van der Waals surface area contributed by atoms with E-state index in [4.69, 9.17) is 0 Å². The summed E-state index contributed by atoms with van der Waals surface area (Å²) in [5, 5.41) is 0. The number of carbonyl (C=O) groups is 1. The maximum atomic E-state index is 14.1. The third-order valence-electron chi connectivity index (χ3n) is 1.80. The Morgan fingerprint density at radius 3 is 2.00 bits per heavy atom. The quantitative estimate of drug-likeness (QED) is 0.412. The summed E-state index contributed by atoms with van der Waals surface area (Å²) in [6.45, 7) is 0. The number of carbonyl (C=O) groups excluding carboxylic acids is 1. The van der Waals surface area contributed by atoms with Gasteiger partial charge in [0.1, 0.15) is 0 Å². The molecule has 1 aliphatic rings. The standard InChI is InChI=1S/C4H11F4N4O4P4/c1-14-18(6)9-17(5,4-13)10-19(7,15-2)12-20(8,11-18)16-3/h4,9H,1-3H3/q+1. The largest absolute Gasteiger partial charge is 0.470 e. The summed E-state index contributed by atoms with van der Waals surface area (Å²) in [4.78, 5) is 12.1. The molecule has 1 aliphatic heterocycles. The second-order valence-electron chi connectivity index (χ2n) is 3.07. The van der Waals surface area contributed by atoms with E-state index in [1.807, 2.05) is 0 Å². The Morgan fingerprint density at radius 2 is 1.60 bits per heavy atom. The highest BCUT2D eigenvalue weighted by Crippen LogP contribution is 2.80. The van der Waals surface area contributed by atoms with Crippen LogP contribution in [0.4, 0.5) is 16.8 Å². The lowest BCUT2D eigenvalue weighted by Gasteiger charge is -2.20. The van der Waals surface area contributed by atoms with Crippen molar-refractivity contribution in [1.82, 2.24) is 4.86 Å². The molecule has 20 heavy (non-hydrogen) atoms. The zero-order chi connectivity index (χ0) is 15.7. The molecule has 4 atom stereocenters. The van der Waals surface area contributed by atoms with E-state index in [1.54, 1.807) is 0 Å². The SMILES string of the molecule is COP1(F)=NP(F)(OC)=N[P+](F)(C=O)NP(F)(OC)=N1. The Bertz CT molecular complexity index is 571. The van der Waals surface area contributed by atoms with Crippen molar-refractivity contribution in [3.05, 3.63) is 0 Å². The average molecular weight is 379 g/mol. The second-order valence-corrected chi connectivity index (χ2v) is 11.4. The van der Waals surface area contributed by atoms with Crippen LogP contribution in [0.25, 0.3) is 0 Å². The Hall–Kier alpha value is 0.350. The summed E-state index contributed by atoms with van der Waals surface area (Å²) >= 11 is 0. The normalized spacial score (nSPS) is 45.4. The monoisotopic (exact) mass is 379 g/mol. The predicted molar refractivity (Wildman–Crippen MR) is 70.3 cm³/mol. The smallest absolute Gasteiger partial charge is 0.310 e. The topological polar surface area (TPSA) is 93.9 Å². The zero-order valence-corrected chi connectivity index (χ0v) is 13.9. The van der Waals surface area contributed by atoms with E-state index in [1.165, 1.54) is 4.86 Å². The van der Waals surface area contributed by atoms with Crippen LogP contribution in [0.2, 0.25) is 0 Å². The van der Waals surface area contributed by atoms with E-state index in [0.717, 1.165) is 21.3 Å². The molecule has 8 nitrogen and oxygen atoms in total. The maximum Gasteiger partial charge on any atom is 0.470 e. The molecule has 0 fully saturated rings. The molecule has 0 spiro atoms.